The molecular weight excluding hydrogens is 353 g/mol. The second-order valence-electron chi connectivity index (χ2n) is 6.16. The maximum atomic E-state index is 12.4. The average Bonchev–Trinajstić information content (AvgIpc) is 2.41. The first-order valence-electron chi connectivity index (χ1n) is 7.16. The molecule has 0 heterocycles. The minimum atomic E-state index is -3.49. The van der Waals surface area contributed by atoms with Gasteiger partial charge in [0.15, 0.2) is 0 Å². The predicted molar refractivity (Wildman–Crippen MR) is 96.4 cm³/mol. The Labute approximate surface area is 147 Å². The van der Waals surface area contributed by atoms with E-state index < -0.39 is 15.6 Å². The highest BCUT2D eigenvalue weighted by Gasteiger charge is 2.25. The zero-order chi connectivity index (χ0) is 17.1. The van der Waals surface area contributed by atoms with E-state index >= 15 is 0 Å². The molecule has 3 nitrogen and oxygen atoms in total. The van der Waals surface area contributed by atoms with Crippen molar-refractivity contribution in [1.82, 2.24) is 4.72 Å². The molecule has 0 amide bonds. The molecule has 0 saturated heterocycles. The fourth-order valence-electron chi connectivity index (χ4n) is 2.45. The van der Waals surface area contributed by atoms with Crippen molar-refractivity contribution in [3.63, 3.8) is 0 Å². The lowest BCUT2D eigenvalue weighted by Gasteiger charge is -2.26. The molecular formula is C17H19Cl2NO2S. The summed E-state index contributed by atoms with van der Waals surface area (Å²) in [6.07, 6.45) is 0.606. The zero-order valence-electron chi connectivity index (χ0n) is 13.0. The van der Waals surface area contributed by atoms with Crippen molar-refractivity contribution in [3.05, 3.63) is 69.7 Å². The van der Waals surface area contributed by atoms with Crippen LogP contribution in [0.2, 0.25) is 10.0 Å². The minimum Gasteiger partial charge on any atom is -0.212 e. The molecule has 0 fully saturated rings. The topological polar surface area (TPSA) is 46.2 Å². The van der Waals surface area contributed by atoms with Crippen LogP contribution in [-0.2, 0) is 22.2 Å². The molecule has 0 spiro atoms. The molecule has 0 aromatic heterocycles. The average molecular weight is 372 g/mol. The summed E-state index contributed by atoms with van der Waals surface area (Å²) in [5, 5.41) is 0.757. The first-order chi connectivity index (χ1) is 10.7. The summed E-state index contributed by atoms with van der Waals surface area (Å²) in [4.78, 5) is 0. The number of hydrogen-bond acceptors (Lipinski definition) is 2. The second-order valence-corrected chi connectivity index (χ2v) is 8.69. The Morgan fingerprint density at radius 3 is 2.22 bits per heavy atom. The smallest absolute Gasteiger partial charge is 0.212 e. The summed E-state index contributed by atoms with van der Waals surface area (Å²) in [5.41, 5.74) is 1.09. The Morgan fingerprint density at radius 1 is 0.957 bits per heavy atom. The van der Waals surface area contributed by atoms with Gasteiger partial charge in [0, 0.05) is 5.54 Å². The van der Waals surface area contributed by atoms with Gasteiger partial charge in [-0.3, -0.25) is 0 Å². The number of hydrogen-bond donors (Lipinski definition) is 1. The number of rotatable bonds is 6. The summed E-state index contributed by atoms with van der Waals surface area (Å²) < 4.78 is 27.6. The van der Waals surface area contributed by atoms with Crippen molar-refractivity contribution in [3.8, 4) is 0 Å². The lowest BCUT2D eigenvalue weighted by atomic mass is 9.96. The maximum Gasteiger partial charge on any atom is 0.216 e. The summed E-state index contributed by atoms with van der Waals surface area (Å²) in [5.74, 6) is -0.137. The monoisotopic (exact) mass is 371 g/mol. The van der Waals surface area contributed by atoms with Crippen LogP contribution in [0.15, 0.2) is 48.5 Å². The van der Waals surface area contributed by atoms with Crippen LogP contribution in [0.3, 0.4) is 0 Å². The zero-order valence-corrected chi connectivity index (χ0v) is 15.3. The highest BCUT2D eigenvalue weighted by molar-refractivity contribution is 7.88. The molecule has 0 saturated carbocycles. The molecule has 2 rings (SSSR count). The van der Waals surface area contributed by atoms with Gasteiger partial charge >= 0.3 is 0 Å². The van der Waals surface area contributed by atoms with Crippen molar-refractivity contribution in [1.29, 1.82) is 0 Å². The molecule has 0 aliphatic carbocycles. The van der Waals surface area contributed by atoms with Gasteiger partial charge in [-0.2, -0.15) is 0 Å². The molecule has 0 aliphatic rings. The molecule has 2 aromatic rings. The van der Waals surface area contributed by atoms with Crippen LogP contribution in [0.1, 0.15) is 25.0 Å². The molecule has 6 heteroatoms. The normalized spacial score (nSPS) is 12.3. The van der Waals surface area contributed by atoms with E-state index in [9.17, 15) is 8.42 Å². The summed E-state index contributed by atoms with van der Waals surface area (Å²) >= 11 is 11.8. The lowest BCUT2D eigenvalue weighted by molar-refractivity contribution is 0.450. The van der Waals surface area contributed by atoms with Crippen LogP contribution in [0, 0.1) is 0 Å². The molecule has 0 aliphatic heterocycles. The van der Waals surface area contributed by atoms with Gasteiger partial charge in [0.25, 0.3) is 0 Å². The van der Waals surface area contributed by atoms with Gasteiger partial charge in [-0.05, 0) is 43.5 Å². The standard InChI is InChI=1S/C17H19Cl2NO2S/c1-17(2,11-13-6-4-3-5-7-13)20-23(21,22)12-14-8-9-15(18)16(19)10-14/h3-10,20H,11-12H2,1-2H3. The Morgan fingerprint density at radius 2 is 1.61 bits per heavy atom. The summed E-state index contributed by atoms with van der Waals surface area (Å²) in [6.45, 7) is 3.73. The van der Waals surface area contributed by atoms with Gasteiger partial charge in [-0.25, -0.2) is 13.1 Å². The van der Waals surface area contributed by atoms with Gasteiger partial charge in [-0.1, -0.05) is 59.6 Å². The SMILES string of the molecule is CC(C)(Cc1ccccc1)NS(=O)(=O)Cc1ccc(Cl)c(Cl)c1. The first-order valence-corrected chi connectivity index (χ1v) is 9.57. The Kier molecular flexibility index (Phi) is 5.74. The molecule has 0 unspecified atom stereocenters. The fraction of sp³-hybridized carbons (Fsp3) is 0.294. The predicted octanol–water partition coefficient (Wildman–Crippen LogP) is 4.43. The quantitative estimate of drug-likeness (QED) is 0.815. The van der Waals surface area contributed by atoms with Crippen molar-refractivity contribution in [2.24, 2.45) is 0 Å². The van der Waals surface area contributed by atoms with Gasteiger partial charge in [0.1, 0.15) is 0 Å². The van der Waals surface area contributed by atoms with E-state index in [1.165, 1.54) is 0 Å². The number of sulfonamides is 1. The van der Waals surface area contributed by atoms with Crippen LogP contribution >= 0.6 is 23.2 Å². The highest BCUT2D eigenvalue weighted by Crippen LogP contribution is 2.24. The summed E-state index contributed by atoms with van der Waals surface area (Å²) in [7, 11) is -3.49. The summed E-state index contributed by atoms with van der Waals surface area (Å²) in [6, 6.07) is 14.6. The van der Waals surface area contributed by atoms with E-state index in [4.69, 9.17) is 23.2 Å². The van der Waals surface area contributed by atoms with Crippen molar-refractivity contribution >= 4 is 33.2 Å². The van der Waals surface area contributed by atoms with Crippen LogP contribution in [0.4, 0.5) is 0 Å². The molecule has 1 N–H and O–H groups in total. The molecule has 23 heavy (non-hydrogen) atoms. The number of nitrogens with one attached hydrogen (secondary N) is 1. The van der Waals surface area contributed by atoms with E-state index in [0.29, 0.717) is 22.0 Å². The van der Waals surface area contributed by atoms with Crippen molar-refractivity contribution in [2.45, 2.75) is 31.6 Å². The lowest BCUT2D eigenvalue weighted by Crippen LogP contribution is -2.45. The van der Waals surface area contributed by atoms with Gasteiger partial charge in [0.2, 0.25) is 10.0 Å². The molecule has 0 atom stereocenters. The molecule has 2 aromatic carbocycles. The van der Waals surface area contributed by atoms with E-state index in [2.05, 4.69) is 4.72 Å². The number of benzene rings is 2. The van der Waals surface area contributed by atoms with Crippen LogP contribution in [0.5, 0.6) is 0 Å². The Balaban J connectivity index is 2.08. The Bertz CT molecular complexity index is 774. The molecule has 0 bridgehead atoms. The minimum absolute atomic E-state index is 0.137. The highest BCUT2D eigenvalue weighted by atomic mass is 35.5. The molecule has 0 radical (unpaired) electrons. The van der Waals surface area contributed by atoms with E-state index in [1.54, 1.807) is 18.2 Å². The fourth-order valence-corrected chi connectivity index (χ4v) is 4.37. The van der Waals surface area contributed by atoms with Crippen molar-refractivity contribution < 1.29 is 8.42 Å². The third-order valence-electron chi connectivity index (χ3n) is 3.26. The molecule has 124 valence electrons. The Hall–Kier alpha value is -1.07. The van der Waals surface area contributed by atoms with Crippen LogP contribution in [0.25, 0.3) is 0 Å². The first kappa shape index (κ1) is 18.3. The van der Waals surface area contributed by atoms with Gasteiger partial charge in [0.05, 0.1) is 15.8 Å². The van der Waals surface area contributed by atoms with Crippen molar-refractivity contribution in [2.75, 3.05) is 0 Å². The van der Waals surface area contributed by atoms with E-state index in [0.717, 1.165) is 5.56 Å². The van der Waals surface area contributed by atoms with E-state index in [1.807, 2.05) is 44.2 Å². The van der Waals surface area contributed by atoms with E-state index in [-0.39, 0.29) is 5.75 Å². The largest absolute Gasteiger partial charge is 0.216 e. The van der Waals surface area contributed by atoms with Gasteiger partial charge in [-0.15, -0.1) is 0 Å². The maximum absolute atomic E-state index is 12.4. The van der Waals surface area contributed by atoms with Gasteiger partial charge < -0.3 is 0 Å². The second kappa shape index (κ2) is 7.22. The van der Waals surface area contributed by atoms with Crippen LogP contribution < -0.4 is 4.72 Å². The van der Waals surface area contributed by atoms with Crippen LogP contribution in [-0.4, -0.2) is 14.0 Å². The third-order valence-corrected chi connectivity index (χ3v) is 5.58. The third kappa shape index (κ3) is 5.81. The number of halogens is 2.